The molecule has 152 valence electrons. The fourth-order valence-corrected chi connectivity index (χ4v) is 6.20. The van der Waals surface area contributed by atoms with Crippen LogP contribution in [-0.2, 0) is 16.4 Å². The zero-order chi connectivity index (χ0) is 20.3. The van der Waals surface area contributed by atoms with Gasteiger partial charge < -0.3 is 0 Å². The van der Waals surface area contributed by atoms with Crippen molar-refractivity contribution >= 4 is 15.7 Å². The maximum Gasteiger partial charge on any atom is 0.243 e. The van der Waals surface area contributed by atoms with Gasteiger partial charge in [0.25, 0.3) is 0 Å². The van der Waals surface area contributed by atoms with Crippen LogP contribution in [0, 0.1) is 5.41 Å². The summed E-state index contributed by atoms with van der Waals surface area (Å²) in [4.78, 5) is 5.02. The molecule has 2 aliphatic rings. The van der Waals surface area contributed by atoms with Crippen LogP contribution < -0.4 is 0 Å². The summed E-state index contributed by atoms with van der Waals surface area (Å²) in [5, 5.41) is 0. The SMILES string of the molecule is CC/N=C1/C=C2CCN(S(=O)(=O)c3ccccc3)CC2(Cc2ccccc2)CC1. The number of rotatable bonds is 5. The van der Waals surface area contributed by atoms with Crippen molar-refractivity contribution in [3.05, 3.63) is 77.9 Å². The Morgan fingerprint density at radius 3 is 2.38 bits per heavy atom. The molecule has 5 heteroatoms. The second-order valence-electron chi connectivity index (χ2n) is 7.98. The predicted molar refractivity (Wildman–Crippen MR) is 118 cm³/mol. The summed E-state index contributed by atoms with van der Waals surface area (Å²) in [7, 11) is -3.49. The van der Waals surface area contributed by atoms with Gasteiger partial charge in [0.05, 0.1) is 4.90 Å². The number of nitrogens with zero attached hydrogens (tertiary/aromatic N) is 2. The van der Waals surface area contributed by atoms with Gasteiger partial charge in [0.1, 0.15) is 0 Å². The average molecular weight is 409 g/mol. The maximum atomic E-state index is 13.3. The van der Waals surface area contributed by atoms with Crippen molar-refractivity contribution in [3.63, 3.8) is 0 Å². The van der Waals surface area contributed by atoms with E-state index >= 15 is 0 Å². The van der Waals surface area contributed by atoms with E-state index in [2.05, 4.69) is 42.3 Å². The van der Waals surface area contributed by atoms with Gasteiger partial charge in [0.2, 0.25) is 10.0 Å². The summed E-state index contributed by atoms with van der Waals surface area (Å²) in [6.45, 7) is 3.91. The number of hydrogen-bond donors (Lipinski definition) is 0. The molecule has 0 spiro atoms. The molecule has 1 fully saturated rings. The molecule has 2 aromatic carbocycles. The number of fused-ring (bicyclic) bond motifs is 1. The van der Waals surface area contributed by atoms with E-state index in [4.69, 9.17) is 0 Å². The maximum absolute atomic E-state index is 13.3. The van der Waals surface area contributed by atoms with Crippen molar-refractivity contribution in [2.24, 2.45) is 10.4 Å². The molecule has 1 unspecified atom stereocenters. The normalized spacial score (nSPS) is 24.2. The van der Waals surface area contributed by atoms with Crippen LogP contribution in [0.2, 0.25) is 0 Å². The standard InChI is InChI=1S/C24H28N2O2S/c1-2-25-22-13-15-24(18-20-9-5-3-6-10-20)19-26(16-14-21(24)17-22)29(27,28)23-11-7-4-8-12-23/h3-12,17H,2,13-16,18-19H2,1H3/b25-22+. The molecular weight excluding hydrogens is 380 g/mol. The highest BCUT2D eigenvalue weighted by Crippen LogP contribution is 2.46. The lowest BCUT2D eigenvalue weighted by molar-refractivity contribution is 0.198. The van der Waals surface area contributed by atoms with Gasteiger partial charge in [-0.15, -0.1) is 0 Å². The van der Waals surface area contributed by atoms with Crippen LogP contribution in [0.4, 0.5) is 0 Å². The predicted octanol–water partition coefficient (Wildman–Crippen LogP) is 4.49. The highest BCUT2D eigenvalue weighted by atomic mass is 32.2. The van der Waals surface area contributed by atoms with Crippen molar-refractivity contribution in [2.75, 3.05) is 19.6 Å². The number of benzene rings is 2. The highest BCUT2D eigenvalue weighted by Gasteiger charge is 2.44. The molecule has 1 heterocycles. The lowest BCUT2D eigenvalue weighted by Gasteiger charge is -2.46. The Labute approximate surface area is 174 Å². The Balaban J connectivity index is 1.70. The number of allylic oxidation sites excluding steroid dienone is 1. The van der Waals surface area contributed by atoms with E-state index in [1.165, 1.54) is 11.1 Å². The molecule has 4 nitrogen and oxygen atoms in total. The molecule has 1 atom stereocenters. The lowest BCUT2D eigenvalue weighted by atomic mass is 9.66. The summed E-state index contributed by atoms with van der Waals surface area (Å²) in [5.74, 6) is 0. The molecule has 2 aromatic rings. The van der Waals surface area contributed by atoms with E-state index in [9.17, 15) is 8.42 Å². The van der Waals surface area contributed by atoms with Crippen molar-refractivity contribution in [2.45, 2.75) is 37.5 Å². The van der Waals surface area contributed by atoms with E-state index in [1.807, 2.05) is 12.1 Å². The molecule has 0 amide bonds. The minimum Gasteiger partial charge on any atom is -0.290 e. The van der Waals surface area contributed by atoms with Gasteiger partial charge in [0.15, 0.2) is 0 Å². The number of sulfonamides is 1. The van der Waals surface area contributed by atoms with Gasteiger partial charge in [0, 0.05) is 30.8 Å². The summed E-state index contributed by atoms with van der Waals surface area (Å²) in [6, 6.07) is 19.2. The molecule has 29 heavy (non-hydrogen) atoms. The van der Waals surface area contributed by atoms with Crippen LogP contribution in [-0.4, -0.2) is 38.1 Å². The molecule has 0 N–H and O–H groups in total. The van der Waals surface area contributed by atoms with E-state index in [0.717, 1.165) is 37.9 Å². The Kier molecular flexibility index (Phi) is 5.70. The first-order valence-corrected chi connectivity index (χ1v) is 11.8. The topological polar surface area (TPSA) is 49.7 Å². The largest absolute Gasteiger partial charge is 0.290 e. The first-order chi connectivity index (χ1) is 14.0. The first kappa shape index (κ1) is 20.0. The third kappa shape index (κ3) is 4.07. The molecule has 4 rings (SSSR count). The lowest BCUT2D eigenvalue weighted by Crippen LogP contribution is -2.49. The van der Waals surface area contributed by atoms with Crippen LogP contribution in [0.1, 0.15) is 31.7 Å². The number of piperidine rings is 1. The smallest absolute Gasteiger partial charge is 0.243 e. The second-order valence-corrected chi connectivity index (χ2v) is 9.92. The van der Waals surface area contributed by atoms with Gasteiger partial charge in [-0.3, -0.25) is 4.99 Å². The fraction of sp³-hybridized carbons (Fsp3) is 0.375. The highest BCUT2D eigenvalue weighted by molar-refractivity contribution is 7.89. The van der Waals surface area contributed by atoms with Crippen molar-refractivity contribution in [3.8, 4) is 0 Å². The number of hydrogen-bond acceptors (Lipinski definition) is 3. The summed E-state index contributed by atoms with van der Waals surface area (Å²) in [5.41, 5.74) is 3.62. The molecular formula is C24H28N2O2S. The van der Waals surface area contributed by atoms with Crippen molar-refractivity contribution in [1.29, 1.82) is 0 Å². The molecule has 0 saturated carbocycles. The summed E-state index contributed by atoms with van der Waals surface area (Å²) in [6.07, 6.45) is 5.72. The van der Waals surface area contributed by atoms with E-state index in [0.29, 0.717) is 18.0 Å². The molecule has 1 aliphatic carbocycles. The van der Waals surface area contributed by atoms with E-state index in [-0.39, 0.29) is 5.41 Å². The van der Waals surface area contributed by atoms with Gasteiger partial charge in [-0.05, 0) is 56.4 Å². The van der Waals surface area contributed by atoms with Crippen LogP contribution in [0.3, 0.4) is 0 Å². The monoisotopic (exact) mass is 408 g/mol. The molecule has 1 saturated heterocycles. The quantitative estimate of drug-likeness (QED) is 0.732. The molecule has 0 radical (unpaired) electrons. The summed E-state index contributed by atoms with van der Waals surface area (Å²) < 4.78 is 28.3. The minimum atomic E-state index is -3.49. The van der Waals surface area contributed by atoms with Gasteiger partial charge in [-0.25, -0.2) is 8.42 Å². The Hall–Kier alpha value is -2.24. The third-order valence-corrected chi connectivity index (χ3v) is 7.98. The van der Waals surface area contributed by atoms with Crippen LogP contribution >= 0.6 is 0 Å². The van der Waals surface area contributed by atoms with E-state index in [1.54, 1.807) is 28.6 Å². The van der Waals surface area contributed by atoms with E-state index < -0.39 is 10.0 Å². The van der Waals surface area contributed by atoms with Crippen molar-refractivity contribution < 1.29 is 8.42 Å². The van der Waals surface area contributed by atoms with Crippen LogP contribution in [0.25, 0.3) is 0 Å². The Morgan fingerprint density at radius 1 is 1.00 bits per heavy atom. The van der Waals surface area contributed by atoms with Crippen molar-refractivity contribution in [1.82, 2.24) is 4.31 Å². The molecule has 0 aromatic heterocycles. The summed E-state index contributed by atoms with van der Waals surface area (Å²) >= 11 is 0. The molecule has 0 bridgehead atoms. The average Bonchev–Trinajstić information content (AvgIpc) is 2.75. The van der Waals surface area contributed by atoms with Gasteiger partial charge in [-0.2, -0.15) is 4.31 Å². The Bertz CT molecular complexity index is 1010. The zero-order valence-electron chi connectivity index (χ0n) is 16.9. The third-order valence-electron chi connectivity index (χ3n) is 6.12. The minimum absolute atomic E-state index is 0.159. The molecule has 1 aliphatic heterocycles. The van der Waals surface area contributed by atoms with Crippen LogP contribution in [0.5, 0.6) is 0 Å². The first-order valence-electron chi connectivity index (χ1n) is 10.4. The second kappa shape index (κ2) is 8.25. The zero-order valence-corrected chi connectivity index (χ0v) is 17.7. The van der Waals surface area contributed by atoms with Crippen LogP contribution in [0.15, 0.2) is 82.2 Å². The van der Waals surface area contributed by atoms with Gasteiger partial charge >= 0.3 is 0 Å². The Morgan fingerprint density at radius 2 is 1.69 bits per heavy atom. The fourth-order valence-electron chi connectivity index (χ4n) is 4.65. The number of aliphatic imine (C=N–C) groups is 1. The van der Waals surface area contributed by atoms with Gasteiger partial charge in [-0.1, -0.05) is 54.1 Å².